The highest BCUT2D eigenvalue weighted by Crippen LogP contribution is 2.28. The second-order valence-corrected chi connectivity index (χ2v) is 4.29. The van der Waals surface area contributed by atoms with Gasteiger partial charge in [0.05, 0.1) is 0 Å². The first-order valence-electron chi connectivity index (χ1n) is 4.43. The Bertz CT molecular complexity index is 537. The highest BCUT2D eigenvalue weighted by atomic mass is 32.1. The van der Waals surface area contributed by atoms with Gasteiger partial charge in [-0.3, -0.25) is 0 Å². The van der Waals surface area contributed by atoms with E-state index in [0.29, 0.717) is 10.7 Å². The third-order valence-electron chi connectivity index (χ3n) is 2.12. The zero-order valence-electron chi connectivity index (χ0n) is 8.19. The number of pyridine rings is 1. The molecule has 2 aromatic heterocycles. The van der Waals surface area contributed by atoms with Crippen molar-refractivity contribution in [3.05, 3.63) is 34.8 Å². The van der Waals surface area contributed by atoms with Crippen LogP contribution in [0, 0.1) is 18.3 Å². The Morgan fingerprint density at radius 1 is 1.47 bits per heavy atom. The summed E-state index contributed by atoms with van der Waals surface area (Å²) in [5, 5.41) is 8.72. The Balaban J connectivity index is 2.46. The monoisotopic (exact) mass is 215 g/mol. The maximum atomic E-state index is 8.72. The number of thiophene rings is 1. The van der Waals surface area contributed by atoms with Crippen molar-refractivity contribution in [2.75, 3.05) is 5.73 Å². The number of nitrogen functional groups attached to an aromatic ring is 1. The molecule has 0 saturated carbocycles. The van der Waals surface area contributed by atoms with Gasteiger partial charge in [-0.2, -0.15) is 5.26 Å². The quantitative estimate of drug-likeness (QED) is 0.795. The number of nitrogens with two attached hydrogens (primary N) is 1. The number of rotatable bonds is 1. The third kappa shape index (κ3) is 1.83. The van der Waals surface area contributed by atoms with Gasteiger partial charge in [0, 0.05) is 16.6 Å². The predicted molar refractivity (Wildman–Crippen MR) is 61.4 cm³/mol. The van der Waals surface area contributed by atoms with Gasteiger partial charge in [0.2, 0.25) is 0 Å². The van der Waals surface area contributed by atoms with E-state index in [-0.39, 0.29) is 0 Å². The normalized spacial score (nSPS) is 9.87. The van der Waals surface area contributed by atoms with Gasteiger partial charge in [0.15, 0.2) is 0 Å². The van der Waals surface area contributed by atoms with Gasteiger partial charge in [0.25, 0.3) is 0 Å². The second kappa shape index (κ2) is 3.71. The average molecular weight is 215 g/mol. The topological polar surface area (TPSA) is 62.7 Å². The van der Waals surface area contributed by atoms with E-state index in [1.165, 1.54) is 11.3 Å². The molecule has 0 unspecified atom stereocenters. The first kappa shape index (κ1) is 9.69. The summed E-state index contributed by atoms with van der Waals surface area (Å²) in [7, 11) is 0. The predicted octanol–water partition coefficient (Wildman–Crippen LogP) is 2.57. The fourth-order valence-corrected chi connectivity index (χ4v) is 2.06. The lowest BCUT2D eigenvalue weighted by Gasteiger charge is -2.01. The molecule has 0 radical (unpaired) electrons. The van der Waals surface area contributed by atoms with E-state index in [4.69, 9.17) is 11.0 Å². The van der Waals surface area contributed by atoms with Crippen LogP contribution in [0.4, 0.5) is 5.82 Å². The fraction of sp³-hybridized carbons (Fsp3) is 0.0909. The molecule has 2 heterocycles. The maximum Gasteiger partial charge on any atom is 0.126 e. The molecule has 0 atom stereocenters. The molecule has 0 saturated heterocycles. The van der Waals surface area contributed by atoms with Gasteiger partial charge in [0.1, 0.15) is 16.8 Å². The first-order valence-corrected chi connectivity index (χ1v) is 5.25. The minimum atomic E-state index is 0.552. The summed E-state index contributed by atoms with van der Waals surface area (Å²) in [6.45, 7) is 1.92. The second-order valence-electron chi connectivity index (χ2n) is 3.20. The van der Waals surface area contributed by atoms with Crippen LogP contribution in [-0.4, -0.2) is 4.98 Å². The molecule has 0 fully saturated rings. The summed E-state index contributed by atoms with van der Waals surface area (Å²) in [5.41, 5.74) is 7.60. The number of nitrogens with zero attached hydrogens (tertiary/aromatic N) is 2. The lowest BCUT2D eigenvalue weighted by atomic mass is 10.2. The van der Waals surface area contributed by atoms with Crippen LogP contribution in [-0.2, 0) is 0 Å². The smallest absolute Gasteiger partial charge is 0.126 e. The molecule has 0 aliphatic carbocycles. The van der Waals surface area contributed by atoms with E-state index in [1.54, 1.807) is 6.20 Å². The summed E-state index contributed by atoms with van der Waals surface area (Å²) in [4.78, 5) is 5.84. The maximum absolute atomic E-state index is 8.72. The first-order chi connectivity index (χ1) is 7.20. The standard InChI is InChI=1S/C11H9N3S/c1-7-4-8(6-14-11(7)13)10-3-2-9(5-12)15-10/h2-4,6H,1H3,(H2,13,14). The van der Waals surface area contributed by atoms with Gasteiger partial charge in [-0.15, -0.1) is 11.3 Å². The number of aryl methyl sites for hydroxylation is 1. The van der Waals surface area contributed by atoms with Crippen LogP contribution in [0.5, 0.6) is 0 Å². The zero-order chi connectivity index (χ0) is 10.8. The van der Waals surface area contributed by atoms with E-state index < -0.39 is 0 Å². The van der Waals surface area contributed by atoms with Crippen LogP contribution in [0.15, 0.2) is 24.4 Å². The number of hydrogen-bond acceptors (Lipinski definition) is 4. The van der Waals surface area contributed by atoms with E-state index in [2.05, 4.69) is 11.1 Å². The minimum absolute atomic E-state index is 0.552. The van der Waals surface area contributed by atoms with Gasteiger partial charge < -0.3 is 5.73 Å². The molecule has 74 valence electrons. The molecule has 0 bridgehead atoms. The van der Waals surface area contributed by atoms with Crippen molar-refractivity contribution < 1.29 is 0 Å². The minimum Gasteiger partial charge on any atom is -0.383 e. The summed E-state index contributed by atoms with van der Waals surface area (Å²) >= 11 is 1.46. The Hall–Kier alpha value is -1.86. The molecule has 0 aliphatic heterocycles. The summed E-state index contributed by atoms with van der Waals surface area (Å²) in [5.74, 6) is 0.552. The van der Waals surface area contributed by atoms with Crippen LogP contribution in [0.25, 0.3) is 10.4 Å². The van der Waals surface area contributed by atoms with Crippen LogP contribution >= 0.6 is 11.3 Å². The van der Waals surface area contributed by atoms with Crippen molar-refractivity contribution in [2.45, 2.75) is 6.92 Å². The van der Waals surface area contributed by atoms with Crippen LogP contribution in [0.3, 0.4) is 0 Å². The Kier molecular flexibility index (Phi) is 2.40. The van der Waals surface area contributed by atoms with Crippen molar-refractivity contribution in [1.82, 2.24) is 4.98 Å². The highest BCUT2D eigenvalue weighted by molar-refractivity contribution is 7.16. The van der Waals surface area contributed by atoms with Crippen molar-refractivity contribution >= 4 is 17.2 Å². The van der Waals surface area contributed by atoms with Crippen molar-refractivity contribution in [3.8, 4) is 16.5 Å². The average Bonchev–Trinajstić information content (AvgIpc) is 2.70. The molecule has 0 aromatic carbocycles. The SMILES string of the molecule is Cc1cc(-c2ccc(C#N)s2)cnc1N. The van der Waals surface area contributed by atoms with Crippen molar-refractivity contribution in [3.63, 3.8) is 0 Å². The molecule has 0 aliphatic rings. The van der Waals surface area contributed by atoms with Crippen molar-refractivity contribution in [2.24, 2.45) is 0 Å². The van der Waals surface area contributed by atoms with E-state index in [1.807, 2.05) is 25.1 Å². The number of nitriles is 1. The molecule has 15 heavy (non-hydrogen) atoms. The molecule has 2 rings (SSSR count). The molecule has 3 nitrogen and oxygen atoms in total. The van der Waals surface area contributed by atoms with Gasteiger partial charge in [-0.25, -0.2) is 4.98 Å². The van der Waals surface area contributed by atoms with Gasteiger partial charge in [-0.1, -0.05) is 0 Å². The highest BCUT2D eigenvalue weighted by Gasteiger charge is 2.04. The summed E-state index contributed by atoms with van der Waals surface area (Å²) < 4.78 is 0. The third-order valence-corrected chi connectivity index (χ3v) is 3.16. The summed E-state index contributed by atoms with van der Waals surface area (Å²) in [6, 6.07) is 7.84. The number of anilines is 1. The van der Waals surface area contributed by atoms with E-state index in [9.17, 15) is 0 Å². The van der Waals surface area contributed by atoms with Gasteiger partial charge in [-0.05, 0) is 30.7 Å². The molecule has 0 spiro atoms. The summed E-state index contributed by atoms with van der Waals surface area (Å²) in [6.07, 6.45) is 1.73. The Morgan fingerprint density at radius 2 is 2.27 bits per heavy atom. The lowest BCUT2D eigenvalue weighted by Crippen LogP contribution is -1.93. The molecule has 4 heteroatoms. The number of hydrogen-bond donors (Lipinski definition) is 1. The zero-order valence-corrected chi connectivity index (χ0v) is 9.01. The fourth-order valence-electron chi connectivity index (χ4n) is 1.27. The molecular weight excluding hydrogens is 206 g/mol. The largest absolute Gasteiger partial charge is 0.383 e. The van der Waals surface area contributed by atoms with E-state index >= 15 is 0 Å². The molecular formula is C11H9N3S. The van der Waals surface area contributed by atoms with Crippen LogP contribution < -0.4 is 5.73 Å². The molecule has 0 amide bonds. The number of aromatic nitrogens is 1. The molecule has 2 N–H and O–H groups in total. The van der Waals surface area contributed by atoms with Gasteiger partial charge >= 0.3 is 0 Å². The van der Waals surface area contributed by atoms with Crippen LogP contribution in [0.2, 0.25) is 0 Å². The van der Waals surface area contributed by atoms with E-state index in [0.717, 1.165) is 16.0 Å². The Labute approximate surface area is 91.8 Å². The Morgan fingerprint density at radius 3 is 2.87 bits per heavy atom. The molecule has 2 aromatic rings. The lowest BCUT2D eigenvalue weighted by molar-refractivity contribution is 1.28. The van der Waals surface area contributed by atoms with Crippen LogP contribution in [0.1, 0.15) is 10.4 Å². The van der Waals surface area contributed by atoms with Crippen molar-refractivity contribution in [1.29, 1.82) is 5.26 Å².